The van der Waals surface area contributed by atoms with Crippen LogP contribution in [0, 0.1) is 0 Å². The molecule has 0 bridgehead atoms. The number of hydrogen-bond acceptors (Lipinski definition) is 3. The lowest BCUT2D eigenvalue weighted by molar-refractivity contribution is -0.120. The maximum absolute atomic E-state index is 10.8. The summed E-state index contributed by atoms with van der Waals surface area (Å²) < 4.78 is 0. The molecule has 0 aromatic heterocycles. The van der Waals surface area contributed by atoms with Crippen molar-refractivity contribution in [3.05, 3.63) is 0 Å². The average molecular weight is 173 g/mol. The van der Waals surface area contributed by atoms with Gasteiger partial charge in [-0.25, -0.2) is 0 Å². The second kappa shape index (κ2) is 7.06. The van der Waals surface area contributed by atoms with Crippen molar-refractivity contribution in [3.8, 4) is 0 Å². The van der Waals surface area contributed by atoms with Gasteiger partial charge in [-0.3, -0.25) is 4.79 Å². The Hall–Kier alpha value is -0.610. The largest absolute Gasteiger partial charge is 0.368 e. The molecule has 0 aliphatic carbocycles. The van der Waals surface area contributed by atoms with Crippen molar-refractivity contribution < 1.29 is 4.79 Å². The smallest absolute Gasteiger partial charge is 0.234 e. The summed E-state index contributed by atoms with van der Waals surface area (Å²) in [5, 5.41) is 3.03. The predicted octanol–water partition coefficient (Wildman–Crippen LogP) is -0.421. The number of rotatable bonds is 7. The van der Waals surface area contributed by atoms with Crippen LogP contribution in [0.4, 0.5) is 0 Å². The Morgan fingerprint density at radius 2 is 2.17 bits per heavy atom. The maximum Gasteiger partial charge on any atom is 0.234 e. The van der Waals surface area contributed by atoms with Crippen LogP contribution in [0.3, 0.4) is 0 Å². The van der Waals surface area contributed by atoms with Crippen molar-refractivity contribution in [2.75, 3.05) is 13.1 Å². The van der Waals surface area contributed by atoms with E-state index in [-0.39, 0.29) is 11.9 Å². The van der Waals surface area contributed by atoms with Crippen LogP contribution in [0.5, 0.6) is 0 Å². The van der Waals surface area contributed by atoms with Gasteiger partial charge in [0.05, 0.1) is 6.04 Å². The number of likely N-dealkylation sites (N-methyl/N-ethyl adjacent to an activating group) is 1. The first-order valence-corrected chi connectivity index (χ1v) is 4.45. The van der Waals surface area contributed by atoms with E-state index in [1.807, 2.05) is 6.92 Å². The minimum Gasteiger partial charge on any atom is -0.368 e. The Kier molecular flexibility index (Phi) is 6.70. The molecule has 0 aliphatic heterocycles. The number of primary amides is 1. The summed E-state index contributed by atoms with van der Waals surface area (Å²) in [6, 6.07) is -0.179. The van der Waals surface area contributed by atoms with Crippen molar-refractivity contribution in [1.82, 2.24) is 5.32 Å². The molecule has 0 rings (SSSR count). The molecule has 1 atom stereocenters. The minimum atomic E-state index is -0.270. The Balaban J connectivity index is 3.56. The van der Waals surface area contributed by atoms with Gasteiger partial charge in [0.25, 0.3) is 0 Å². The van der Waals surface area contributed by atoms with Gasteiger partial charge >= 0.3 is 0 Å². The minimum absolute atomic E-state index is 0.179. The zero-order valence-corrected chi connectivity index (χ0v) is 7.68. The Morgan fingerprint density at radius 3 is 2.58 bits per heavy atom. The Bertz CT molecular complexity index is 127. The van der Waals surface area contributed by atoms with E-state index in [2.05, 4.69) is 5.32 Å². The molecule has 0 fully saturated rings. The summed E-state index contributed by atoms with van der Waals surface area (Å²) in [6.07, 6.45) is 2.70. The monoisotopic (exact) mass is 173 g/mol. The van der Waals surface area contributed by atoms with E-state index in [1.165, 1.54) is 0 Å². The second-order valence-corrected chi connectivity index (χ2v) is 2.80. The zero-order chi connectivity index (χ0) is 9.40. The third-order valence-electron chi connectivity index (χ3n) is 1.74. The van der Waals surface area contributed by atoms with E-state index in [9.17, 15) is 4.79 Å². The van der Waals surface area contributed by atoms with Gasteiger partial charge in [-0.2, -0.15) is 0 Å². The van der Waals surface area contributed by atoms with Crippen LogP contribution in [0.15, 0.2) is 0 Å². The van der Waals surface area contributed by atoms with E-state index >= 15 is 0 Å². The fraction of sp³-hybridized carbons (Fsp3) is 0.875. The van der Waals surface area contributed by atoms with Crippen LogP contribution >= 0.6 is 0 Å². The van der Waals surface area contributed by atoms with Crippen molar-refractivity contribution in [1.29, 1.82) is 0 Å². The van der Waals surface area contributed by atoms with Gasteiger partial charge in [0, 0.05) is 0 Å². The number of nitrogens with one attached hydrogen (secondary N) is 1. The molecule has 4 heteroatoms. The highest BCUT2D eigenvalue weighted by molar-refractivity contribution is 5.79. The lowest BCUT2D eigenvalue weighted by Crippen LogP contribution is -2.41. The average Bonchev–Trinajstić information content (AvgIpc) is 2.03. The molecule has 0 heterocycles. The number of carbonyl (C=O) groups excluding carboxylic acids is 1. The standard InChI is InChI=1S/C8H19N3O/c1-2-11-7(8(10)12)5-3-4-6-9/h7,11H,2-6,9H2,1H3,(H2,10,12)/t7-/m0/s1. The highest BCUT2D eigenvalue weighted by atomic mass is 16.1. The van der Waals surface area contributed by atoms with Crippen molar-refractivity contribution in [3.63, 3.8) is 0 Å². The normalized spacial score (nSPS) is 12.8. The highest BCUT2D eigenvalue weighted by Crippen LogP contribution is 1.99. The van der Waals surface area contributed by atoms with Crippen LogP contribution in [0.25, 0.3) is 0 Å². The summed E-state index contributed by atoms with van der Waals surface area (Å²) in [5.41, 5.74) is 10.5. The topological polar surface area (TPSA) is 81.1 Å². The van der Waals surface area contributed by atoms with Crippen LogP contribution in [-0.2, 0) is 4.79 Å². The third kappa shape index (κ3) is 5.09. The quantitative estimate of drug-likeness (QED) is 0.457. The van der Waals surface area contributed by atoms with Gasteiger partial charge in [0.15, 0.2) is 0 Å². The van der Waals surface area contributed by atoms with E-state index in [1.54, 1.807) is 0 Å². The summed E-state index contributed by atoms with van der Waals surface area (Å²) in [7, 11) is 0. The molecule has 0 saturated carbocycles. The van der Waals surface area contributed by atoms with E-state index in [4.69, 9.17) is 11.5 Å². The van der Waals surface area contributed by atoms with Gasteiger partial charge in [-0.1, -0.05) is 13.3 Å². The van der Waals surface area contributed by atoms with E-state index in [0.29, 0.717) is 6.54 Å². The third-order valence-corrected chi connectivity index (χ3v) is 1.74. The Labute approximate surface area is 73.7 Å². The molecular weight excluding hydrogens is 154 g/mol. The molecule has 0 spiro atoms. The number of amides is 1. The van der Waals surface area contributed by atoms with Crippen LogP contribution in [0.2, 0.25) is 0 Å². The SMILES string of the molecule is CCN[C@@H](CCCCN)C(N)=O. The van der Waals surface area contributed by atoms with Gasteiger partial charge in [-0.15, -0.1) is 0 Å². The molecule has 1 amide bonds. The van der Waals surface area contributed by atoms with Crippen LogP contribution in [-0.4, -0.2) is 25.0 Å². The summed E-state index contributed by atoms with van der Waals surface area (Å²) in [4.78, 5) is 10.8. The highest BCUT2D eigenvalue weighted by Gasteiger charge is 2.11. The van der Waals surface area contributed by atoms with Gasteiger partial charge in [0.1, 0.15) is 0 Å². The summed E-state index contributed by atoms with van der Waals surface area (Å²) in [6.45, 7) is 3.41. The molecule has 5 N–H and O–H groups in total. The molecule has 0 saturated heterocycles. The van der Waals surface area contributed by atoms with E-state index in [0.717, 1.165) is 25.8 Å². The van der Waals surface area contributed by atoms with Crippen LogP contribution in [0.1, 0.15) is 26.2 Å². The van der Waals surface area contributed by atoms with Crippen molar-refractivity contribution >= 4 is 5.91 Å². The predicted molar refractivity (Wildman–Crippen MR) is 49.6 cm³/mol. The van der Waals surface area contributed by atoms with Gasteiger partial charge in [0.2, 0.25) is 5.91 Å². The molecule has 0 aliphatic rings. The molecule has 12 heavy (non-hydrogen) atoms. The molecule has 0 unspecified atom stereocenters. The van der Waals surface area contributed by atoms with Crippen molar-refractivity contribution in [2.24, 2.45) is 11.5 Å². The maximum atomic E-state index is 10.8. The zero-order valence-electron chi connectivity index (χ0n) is 7.68. The molecule has 0 aromatic carbocycles. The number of hydrogen-bond donors (Lipinski definition) is 3. The molecule has 72 valence electrons. The second-order valence-electron chi connectivity index (χ2n) is 2.80. The van der Waals surface area contributed by atoms with Crippen molar-refractivity contribution in [2.45, 2.75) is 32.2 Å². The fourth-order valence-corrected chi connectivity index (χ4v) is 1.08. The first kappa shape index (κ1) is 11.4. The van der Waals surface area contributed by atoms with E-state index < -0.39 is 0 Å². The first-order chi connectivity index (χ1) is 5.72. The van der Waals surface area contributed by atoms with Gasteiger partial charge < -0.3 is 16.8 Å². The molecule has 0 aromatic rings. The number of unbranched alkanes of at least 4 members (excludes halogenated alkanes) is 1. The lowest BCUT2D eigenvalue weighted by Gasteiger charge is -2.12. The Morgan fingerprint density at radius 1 is 1.50 bits per heavy atom. The summed E-state index contributed by atoms with van der Waals surface area (Å²) in [5.74, 6) is -0.270. The number of carbonyl (C=O) groups is 1. The number of nitrogens with two attached hydrogens (primary N) is 2. The lowest BCUT2D eigenvalue weighted by atomic mass is 10.1. The van der Waals surface area contributed by atoms with Gasteiger partial charge in [-0.05, 0) is 25.9 Å². The first-order valence-electron chi connectivity index (χ1n) is 4.45. The fourth-order valence-electron chi connectivity index (χ4n) is 1.08. The summed E-state index contributed by atoms with van der Waals surface area (Å²) >= 11 is 0. The molecule has 4 nitrogen and oxygen atoms in total. The van der Waals surface area contributed by atoms with Crippen LogP contribution < -0.4 is 16.8 Å². The molecular formula is C8H19N3O. The molecule has 0 radical (unpaired) electrons.